The first-order valence-corrected chi connectivity index (χ1v) is 7.80. The molecular weight excluding hydrogens is 268 g/mol. The fourth-order valence-electron chi connectivity index (χ4n) is 2.50. The summed E-state index contributed by atoms with van der Waals surface area (Å²) in [6.07, 6.45) is 0. The molecule has 0 saturated carbocycles. The number of hydrogen-bond acceptors (Lipinski definition) is 2. The summed E-state index contributed by atoms with van der Waals surface area (Å²) in [5, 5.41) is 9.08. The second-order valence-corrected chi connectivity index (χ2v) is 7.73. The fraction of sp³-hybridized carbons (Fsp3) is 0.400. The standard InChI is InChI=1S/C20H26N2/c1-19(2,3)15-11-7-9-13-17(15)21-22-18-14-10-8-12-16(18)20(4,5)6/h7-14H,1-6H3. The van der Waals surface area contributed by atoms with Crippen LogP contribution in [0.1, 0.15) is 52.7 Å². The Labute approximate surface area is 134 Å². The molecule has 2 aromatic rings. The van der Waals surface area contributed by atoms with Gasteiger partial charge >= 0.3 is 0 Å². The van der Waals surface area contributed by atoms with Gasteiger partial charge in [0, 0.05) is 0 Å². The molecule has 0 atom stereocenters. The number of azo groups is 1. The van der Waals surface area contributed by atoms with E-state index in [0.29, 0.717) is 0 Å². The molecule has 0 bridgehead atoms. The summed E-state index contributed by atoms with van der Waals surface area (Å²) < 4.78 is 0. The van der Waals surface area contributed by atoms with E-state index in [9.17, 15) is 0 Å². The van der Waals surface area contributed by atoms with Crippen molar-refractivity contribution in [1.82, 2.24) is 0 Å². The zero-order chi connectivity index (χ0) is 16.4. The molecular formula is C20H26N2. The molecule has 0 spiro atoms. The Balaban J connectivity index is 2.43. The van der Waals surface area contributed by atoms with Gasteiger partial charge in [0.1, 0.15) is 0 Å². The molecule has 0 aliphatic rings. The molecule has 0 aliphatic heterocycles. The van der Waals surface area contributed by atoms with E-state index in [1.165, 1.54) is 11.1 Å². The molecule has 0 saturated heterocycles. The van der Waals surface area contributed by atoms with Gasteiger partial charge in [-0.15, -0.1) is 0 Å². The van der Waals surface area contributed by atoms with Gasteiger partial charge in [-0.3, -0.25) is 0 Å². The van der Waals surface area contributed by atoms with Gasteiger partial charge in [0.15, 0.2) is 0 Å². The third-order valence-corrected chi connectivity index (χ3v) is 3.69. The molecule has 0 unspecified atom stereocenters. The van der Waals surface area contributed by atoms with Gasteiger partial charge in [-0.25, -0.2) is 0 Å². The predicted molar refractivity (Wildman–Crippen MR) is 94.5 cm³/mol. The van der Waals surface area contributed by atoms with E-state index in [2.05, 4.69) is 76.0 Å². The van der Waals surface area contributed by atoms with Gasteiger partial charge in [0.2, 0.25) is 0 Å². The van der Waals surface area contributed by atoms with Crippen LogP contribution < -0.4 is 0 Å². The first-order valence-electron chi connectivity index (χ1n) is 7.80. The largest absolute Gasteiger partial charge is 0.150 e. The lowest BCUT2D eigenvalue weighted by Gasteiger charge is -2.21. The molecule has 0 aromatic heterocycles. The van der Waals surface area contributed by atoms with Crippen LogP contribution in [0.4, 0.5) is 11.4 Å². The molecule has 116 valence electrons. The number of rotatable bonds is 2. The van der Waals surface area contributed by atoms with Crippen LogP contribution in [-0.2, 0) is 10.8 Å². The molecule has 2 rings (SSSR count). The molecule has 2 heteroatoms. The van der Waals surface area contributed by atoms with Gasteiger partial charge < -0.3 is 0 Å². The van der Waals surface area contributed by atoms with Gasteiger partial charge in [-0.05, 0) is 34.1 Å². The second-order valence-electron chi connectivity index (χ2n) is 7.73. The van der Waals surface area contributed by atoms with Crippen LogP contribution in [0.3, 0.4) is 0 Å². The summed E-state index contributed by atoms with van der Waals surface area (Å²) in [6.45, 7) is 13.2. The van der Waals surface area contributed by atoms with E-state index in [-0.39, 0.29) is 10.8 Å². The molecule has 0 radical (unpaired) electrons. The van der Waals surface area contributed by atoms with Gasteiger partial charge in [-0.2, -0.15) is 10.2 Å². The maximum Gasteiger partial charge on any atom is 0.0894 e. The lowest BCUT2D eigenvalue weighted by atomic mass is 9.86. The minimum Gasteiger partial charge on any atom is -0.150 e. The highest BCUT2D eigenvalue weighted by molar-refractivity contribution is 5.52. The van der Waals surface area contributed by atoms with Crippen LogP contribution in [0.2, 0.25) is 0 Å². The average molecular weight is 294 g/mol. The number of nitrogens with zero attached hydrogens (tertiary/aromatic N) is 2. The summed E-state index contributed by atoms with van der Waals surface area (Å²) in [6, 6.07) is 16.5. The topological polar surface area (TPSA) is 24.7 Å². The van der Waals surface area contributed by atoms with E-state index in [1.54, 1.807) is 0 Å². The summed E-state index contributed by atoms with van der Waals surface area (Å²) >= 11 is 0. The molecule has 0 amide bonds. The first-order chi connectivity index (χ1) is 10.2. The third-order valence-electron chi connectivity index (χ3n) is 3.69. The Morgan fingerprint density at radius 3 is 1.18 bits per heavy atom. The molecule has 22 heavy (non-hydrogen) atoms. The van der Waals surface area contributed by atoms with Crippen LogP contribution in [0.15, 0.2) is 58.8 Å². The summed E-state index contributed by atoms with van der Waals surface area (Å²) in [5.41, 5.74) is 4.43. The molecule has 0 N–H and O–H groups in total. The summed E-state index contributed by atoms with van der Waals surface area (Å²) in [4.78, 5) is 0. The minimum absolute atomic E-state index is 0.0547. The Bertz CT molecular complexity index is 611. The lowest BCUT2D eigenvalue weighted by molar-refractivity contribution is 0.588. The van der Waals surface area contributed by atoms with Crippen LogP contribution in [-0.4, -0.2) is 0 Å². The van der Waals surface area contributed by atoms with E-state index >= 15 is 0 Å². The second kappa shape index (κ2) is 6.04. The highest BCUT2D eigenvalue weighted by Crippen LogP contribution is 2.35. The zero-order valence-corrected chi connectivity index (χ0v) is 14.5. The zero-order valence-electron chi connectivity index (χ0n) is 14.5. The fourth-order valence-corrected chi connectivity index (χ4v) is 2.50. The molecule has 2 nitrogen and oxygen atoms in total. The van der Waals surface area contributed by atoms with Crippen molar-refractivity contribution >= 4 is 11.4 Å². The quantitative estimate of drug-likeness (QED) is 0.551. The van der Waals surface area contributed by atoms with Crippen LogP contribution in [0, 0.1) is 0 Å². The Hall–Kier alpha value is -1.96. The summed E-state index contributed by atoms with van der Waals surface area (Å²) in [5.74, 6) is 0. The molecule has 2 aromatic carbocycles. The van der Waals surface area contributed by atoms with Crippen molar-refractivity contribution in [3.63, 3.8) is 0 Å². The van der Waals surface area contributed by atoms with Crippen LogP contribution >= 0.6 is 0 Å². The Kier molecular flexibility index (Phi) is 4.50. The van der Waals surface area contributed by atoms with Gasteiger partial charge in [0.25, 0.3) is 0 Å². The van der Waals surface area contributed by atoms with Crippen molar-refractivity contribution in [3.05, 3.63) is 59.7 Å². The normalized spacial score (nSPS) is 12.8. The predicted octanol–water partition coefficient (Wildman–Crippen LogP) is 6.70. The van der Waals surface area contributed by atoms with E-state index in [0.717, 1.165) is 11.4 Å². The molecule has 0 fully saturated rings. The van der Waals surface area contributed by atoms with Crippen LogP contribution in [0.25, 0.3) is 0 Å². The highest BCUT2D eigenvalue weighted by Gasteiger charge is 2.19. The smallest absolute Gasteiger partial charge is 0.0894 e. The maximum absolute atomic E-state index is 4.54. The third kappa shape index (κ3) is 3.82. The van der Waals surface area contributed by atoms with Crippen molar-refractivity contribution in [2.75, 3.05) is 0 Å². The Morgan fingerprint density at radius 1 is 0.545 bits per heavy atom. The SMILES string of the molecule is CC(C)(C)c1ccccc1N=Nc1ccccc1C(C)(C)C. The minimum atomic E-state index is 0.0547. The van der Waals surface area contributed by atoms with Crippen molar-refractivity contribution in [2.45, 2.75) is 52.4 Å². The van der Waals surface area contributed by atoms with Gasteiger partial charge in [-0.1, -0.05) is 77.9 Å². The van der Waals surface area contributed by atoms with Crippen molar-refractivity contribution in [1.29, 1.82) is 0 Å². The maximum atomic E-state index is 4.54. The van der Waals surface area contributed by atoms with E-state index in [4.69, 9.17) is 0 Å². The van der Waals surface area contributed by atoms with Gasteiger partial charge in [0.05, 0.1) is 11.4 Å². The van der Waals surface area contributed by atoms with E-state index < -0.39 is 0 Å². The molecule has 0 aliphatic carbocycles. The number of hydrogen-bond donors (Lipinski definition) is 0. The molecule has 0 heterocycles. The number of benzene rings is 2. The van der Waals surface area contributed by atoms with Crippen molar-refractivity contribution in [3.8, 4) is 0 Å². The van der Waals surface area contributed by atoms with Crippen LogP contribution in [0.5, 0.6) is 0 Å². The monoisotopic (exact) mass is 294 g/mol. The van der Waals surface area contributed by atoms with E-state index in [1.807, 2.05) is 24.3 Å². The van der Waals surface area contributed by atoms with Crippen molar-refractivity contribution < 1.29 is 0 Å². The van der Waals surface area contributed by atoms with Crippen molar-refractivity contribution in [2.24, 2.45) is 10.2 Å². The Morgan fingerprint density at radius 2 is 0.864 bits per heavy atom. The average Bonchev–Trinajstić information content (AvgIpc) is 2.44. The highest BCUT2D eigenvalue weighted by atomic mass is 15.1. The summed E-state index contributed by atoms with van der Waals surface area (Å²) in [7, 11) is 0. The first kappa shape index (κ1) is 16.4. The lowest BCUT2D eigenvalue weighted by Crippen LogP contribution is -2.11.